The van der Waals surface area contributed by atoms with Crippen molar-refractivity contribution < 1.29 is 19.0 Å². The van der Waals surface area contributed by atoms with E-state index in [9.17, 15) is 4.79 Å². The van der Waals surface area contributed by atoms with Crippen LogP contribution in [0.5, 0.6) is 11.5 Å². The van der Waals surface area contributed by atoms with Gasteiger partial charge in [0.1, 0.15) is 11.6 Å². The van der Waals surface area contributed by atoms with Gasteiger partial charge in [-0.2, -0.15) is 0 Å². The first-order chi connectivity index (χ1) is 13.5. The molecule has 5 nitrogen and oxygen atoms in total. The Balaban J connectivity index is 1.58. The van der Waals surface area contributed by atoms with Crippen molar-refractivity contribution >= 4 is 33.6 Å². The number of benzene rings is 2. The Morgan fingerprint density at radius 1 is 1.18 bits per heavy atom. The van der Waals surface area contributed by atoms with Crippen molar-refractivity contribution in [2.24, 2.45) is 5.92 Å². The summed E-state index contributed by atoms with van der Waals surface area (Å²) < 4.78 is 17.5. The van der Waals surface area contributed by atoms with Crippen molar-refractivity contribution in [3.63, 3.8) is 0 Å². The van der Waals surface area contributed by atoms with Crippen LogP contribution in [0.1, 0.15) is 24.4 Å². The third-order valence-electron chi connectivity index (χ3n) is 3.85. The molecule has 0 unspecified atom stereocenters. The number of hydrogen-bond acceptors (Lipinski definition) is 6. The third kappa shape index (κ3) is 5.33. The van der Waals surface area contributed by atoms with E-state index in [1.165, 1.54) is 17.4 Å². The fraction of sp³-hybridized carbons (Fsp3) is 0.273. The van der Waals surface area contributed by atoms with Gasteiger partial charge in [-0.1, -0.05) is 32.0 Å². The number of thiazole rings is 1. The van der Waals surface area contributed by atoms with Crippen molar-refractivity contribution in [2.45, 2.75) is 20.5 Å². The summed E-state index contributed by atoms with van der Waals surface area (Å²) in [4.78, 5) is 16.5. The van der Waals surface area contributed by atoms with Gasteiger partial charge < -0.3 is 14.2 Å². The molecule has 0 bridgehead atoms. The summed E-state index contributed by atoms with van der Waals surface area (Å²) in [6.07, 6.45) is 3.09. The highest BCUT2D eigenvalue weighted by Gasteiger charge is 2.08. The highest BCUT2D eigenvalue weighted by Crippen LogP contribution is 2.29. The number of methoxy groups -OCH3 is 1. The quantitative estimate of drug-likeness (QED) is 0.391. The topological polar surface area (TPSA) is 57.7 Å². The van der Waals surface area contributed by atoms with Crippen LogP contribution in [0, 0.1) is 5.92 Å². The lowest BCUT2D eigenvalue weighted by Gasteiger charge is -2.12. The summed E-state index contributed by atoms with van der Waals surface area (Å²) in [5, 5.41) is 0.774. The Kier molecular flexibility index (Phi) is 6.66. The van der Waals surface area contributed by atoms with Gasteiger partial charge in [0.2, 0.25) is 0 Å². The predicted octanol–water partition coefficient (Wildman–Crippen LogP) is 5.10. The molecule has 0 aliphatic carbocycles. The molecule has 0 saturated heterocycles. The van der Waals surface area contributed by atoms with Gasteiger partial charge in [0.15, 0.2) is 11.5 Å². The smallest absolute Gasteiger partial charge is 0.331 e. The summed E-state index contributed by atoms with van der Waals surface area (Å²) in [7, 11) is 1.59. The number of fused-ring (bicyclic) bond motifs is 1. The zero-order valence-electron chi connectivity index (χ0n) is 16.2. The van der Waals surface area contributed by atoms with Gasteiger partial charge in [0.25, 0.3) is 0 Å². The van der Waals surface area contributed by atoms with Crippen molar-refractivity contribution in [1.82, 2.24) is 4.98 Å². The Morgan fingerprint density at radius 2 is 2.00 bits per heavy atom. The van der Waals surface area contributed by atoms with Crippen LogP contribution in [0.25, 0.3) is 16.3 Å². The molecule has 0 spiro atoms. The summed E-state index contributed by atoms with van der Waals surface area (Å²) in [6.45, 7) is 4.95. The SMILES string of the molecule is COc1cc(/C=C/C(=O)OCc2nc3ccccc3s2)ccc1OCC(C)C. The highest BCUT2D eigenvalue weighted by molar-refractivity contribution is 7.18. The lowest BCUT2D eigenvalue weighted by atomic mass is 10.2. The van der Waals surface area contributed by atoms with Crippen LogP contribution in [0.4, 0.5) is 0 Å². The Bertz CT molecular complexity index is 945. The van der Waals surface area contributed by atoms with Crippen LogP contribution in [-0.4, -0.2) is 24.7 Å². The van der Waals surface area contributed by atoms with Crippen LogP contribution in [0.2, 0.25) is 0 Å². The van der Waals surface area contributed by atoms with Gasteiger partial charge >= 0.3 is 5.97 Å². The maximum Gasteiger partial charge on any atom is 0.331 e. The number of ether oxygens (including phenoxy) is 3. The average molecular weight is 397 g/mol. The van der Waals surface area contributed by atoms with E-state index in [1.807, 2.05) is 42.5 Å². The molecule has 0 saturated carbocycles. The summed E-state index contributed by atoms with van der Waals surface area (Å²) >= 11 is 1.52. The van der Waals surface area contributed by atoms with Crippen LogP contribution in [0.15, 0.2) is 48.5 Å². The Morgan fingerprint density at radius 3 is 2.75 bits per heavy atom. The number of hydrogen-bond donors (Lipinski definition) is 0. The molecule has 28 heavy (non-hydrogen) atoms. The molecule has 0 aliphatic rings. The van der Waals surface area contributed by atoms with Crippen molar-refractivity contribution in [3.05, 3.63) is 59.1 Å². The fourth-order valence-electron chi connectivity index (χ4n) is 2.49. The van der Waals surface area contributed by atoms with Crippen molar-refractivity contribution in [3.8, 4) is 11.5 Å². The monoisotopic (exact) mass is 397 g/mol. The number of para-hydroxylation sites is 1. The number of nitrogens with zero attached hydrogens (tertiary/aromatic N) is 1. The van der Waals surface area contributed by atoms with Gasteiger partial charge in [-0.05, 0) is 41.8 Å². The minimum Gasteiger partial charge on any atom is -0.493 e. The molecule has 0 radical (unpaired) electrons. The molecular weight excluding hydrogens is 374 g/mol. The van der Waals surface area contributed by atoms with E-state index in [0.717, 1.165) is 20.8 Å². The highest BCUT2D eigenvalue weighted by atomic mass is 32.1. The Labute approximate surface area is 168 Å². The molecular formula is C22H23NO4S. The average Bonchev–Trinajstić information content (AvgIpc) is 3.12. The molecule has 1 heterocycles. The van der Waals surface area contributed by atoms with Gasteiger partial charge in [-0.25, -0.2) is 9.78 Å². The second kappa shape index (κ2) is 9.37. The van der Waals surface area contributed by atoms with E-state index in [4.69, 9.17) is 14.2 Å². The molecule has 0 N–H and O–H groups in total. The lowest BCUT2D eigenvalue weighted by molar-refractivity contribution is -0.138. The predicted molar refractivity (Wildman–Crippen MR) is 112 cm³/mol. The summed E-state index contributed by atoms with van der Waals surface area (Å²) in [5.74, 6) is 1.32. The van der Waals surface area contributed by atoms with Gasteiger partial charge in [0.05, 0.1) is 23.9 Å². The maximum atomic E-state index is 12.0. The third-order valence-corrected chi connectivity index (χ3v) is 4.86. The first-order valence-corrected chi connectivity index (χ1v) is 9.87. The molecule has 0 aliphatic heterocycles. The zero-order chi connectivity index (χ0) is 19.9. The van der Waals surface area contributed by atoms with Crippen LogP contribution >= 0.6 is 11.3 Å². The zero-order valence-corrected chi connectivity index (χ0v) is 17.0. The van der Waals surface area contributed by atoms with Crippen LogP contribution < -0.4 is 9.47 Å². The number of rotatable bonds is 8. The minimum atomic E-state index is -0.418. The van der Waals surface area contributed by atoms with E-state index >= 15 is 0 Å². The van der Waals surface area contributed by atoms with Gasteiger partial charge in [-0.15, -0.1) is 11.3 Å². The molecule has 6 heteroatoms. The number of carbonyl (C=O) groups is 1. The normalized spacial score (nSPS) is 11.3. The number of carbonyl (C=O) groups excluding carboxylic acids is 1. The molecule has 1 aromatic heterocycles. The van der Waals surface area contributed by atoms with E-state index in [-0.39, 0.29) is 6.61 Å². The minimum absolute atomic E-state index is 0.161. The van der Waals surface area contributed by atoms with Gasteiger partial charge in [-0.3, -0.25) is 0 Å². The number of esters is 1. The second-order valence-corrected chi connectivity index (χ2v) is 7.75. The van der Waals surface area contributed by atoms with E-state index in [0.29, 0.717) is 24.0 Å². The maximum absolute atomic E-state index is 12.0. The molecule has 146 valence electrons. The van der Waals surface area contributed by atoms with E-state index < -0.39 is 5.97 Å². The number of aromatic nitrogens is 1. The molecule has 3 aromatic rings. The van der Waals surface area contributed by atoms with Crippen molar-refractivity contribution in [1.29, 1.82) is 0 Å². The van der Waals surface area contributed by atoms with E-state index in [1.54, 1.807) is 13.2 Å². The molecule has 3 rings (SSSR count). The van der Waals surface area contributed by atoms with Gasteiger partial charge in [0, 0.05) is 6.08 Å². The summed E-state index contributed by atoms with van der Waals surface area (Å²) in [5.41, 5.74) is 1.74. The van der Waals surface area contributed by atoms with E-state index in [2.05, 4.69) is 18.8 Å². The van der Waals surface area contributed by atoms with Crippen LogP contribution in [0.3, 0.4) is 0 Å². The molecule has 0 amide bonds. The fourth-order valence-corrected chi connectivity index (χ4v) is 3.37. The first-order valence-electron chi connectivity index (χ1n) is 9.05. The second-order valence-electron chi connectivity index (χ2n) is 6.63. The lowest BCUT2D eigenvalue weighted by Crippen LogP contribution is -2.05. The largest absolute Gasteiger partial charge is 0.493 e. The van der Waals surface area contributed by atoms with Crippen molar-refractivity contribution in [2.75, 3.05) is 13.7 Å². The molecule has 0 atom stereocenters. The first kappa shape index (κ1) is 19.9. The van der Waals surface area contributed by atoms with Crippen LogP contribution in [-0.2, 0) is 16.1 Å². The molecule has 2 aromatic carbocycles. The summed E-state index contributed by atoms with van der Waals surface area (Å²) in [6, 6.07) is 13.4. The molecule has 0 fully saturated rings. The Hall–Kier alpha value is -2.86. The standard InChI is InChI=1S/C22H23NO4S/c1-15(2)13-26-18-10-8-16(12-19(18)25-3)9-11-22(24)27-14-21-23-17-6-4-5-7-20(17)28-21/h4-12,15H,13-14H2,1-3H3/b11-9+.